The first-order chi connectivity index (χ1) is 12.7. The predicted octanol–water partition coefficient (Wildman–Crippen LogP) is 3.85. The number of amides is 1. The number of halogens is 1. The Morgan fingerprint density at radius 1 is 1.04 bits per heavy atom. The smallest absolute Gasteiger partial charge is 0.274 e. The minimum absolute atomic E-state index is 0.203. The predicted molar refractivity (Wildman–Crippen MR) is 97.3 cm³/mol. The van der Waals surface area contributed by atoms with Crippen LogP contribution >= 0.6 is 11.6 Å². The van der Waals surface area contributed by atoms with Gasteiger partial charge < -0.3 is 20.1 Å². The van der Waals surface area contributed by atoms with Gasteiger partial charge in [-0.3, -0.25) is 4.79 Å². The largest absolute Gasteiger partial charge is 0.454 e. The molecule has 8 heteroatoms. The summed E-state index contributed by atoms with van der Waals surface area (Å²) in [5.74, 6) is 1.27. The molecule has 0 aliphatic carbocycles. The van der Waals surface area contributed by atoms with E-state index in [1.54, 1.807) is 36.4 Å². The van der Waals surface area contributed by atoms with Crippen molar-refractivity contribution >= 4 is 34.8 Å². The number of carbonyl (C=O) groups excluding carboxylic acids is 1. The second kappa shape index (κ2) is 6.89. The van der Waals surface area contributed by atoms with Crippen LogP contribution < -0.4 is 20.1 Å². The first-order valence-electron chi connectivity index (χ1n) is 7.74. The van der Waals surface area contributed by atoms with Crippen molar-refractivity contribution in [3.05, 3.63) is 65.4 Å². The van der Waals surface area contributed by atoms with E-state index in [0.717, 1.165) is 5.69 Å². The molecule has 0 atom stereocenters. The Balaban J connectivity index is 1.50. The van der Waals surface area contributed by atoms with Gasteiger partial charge >= 0.3 is 0 Å². The second-order valence-electron chi connectivity index (χ2n) is 5.42. The van der Waals surface area contributed by atoms with E-state index in [4.69, 9.17) is 21.1 Å². The minimum Gasteiger partial charge on any atom is -0.454 e. The van der Waals surface area contributed by atoms with Crippen molar-refractivity contribution in [1.82, 2.24) is 9.97 Å². The molecule has 1 aliphatic heterocycles. The molecule has 0 saturated heterocycles. The lowest BCUT2D eigenvalue weighted by Crippen LogP contribution is -2.14. The molecule has 2 heterocycles. The highest BCUT2D eigenvalue weighted by molar-refractivity contribution is 6.30. The lowest BCUT2D eigenvalue weighted by atomic mass is 10.3. The van der Waals surface area contributed by atoms with Crippen molar-refractivity contribution in [3.8, 4) is 11.5 Å². The first-order valence-corrected chi connectivity index (χ1v) is 8.12. The summed E-state index contributed by atoms with van der Waals surface area (Å²) in [7, 11) is 0. The Kier molecular flexibility index (Phi) is 4.28. The summed E-state index contributed by atoms with van der Waals surface area (Å²) < 4.78 is 10.6. The number of nitrogens with one attached hydrogen (secondary N) is 2. The maximum absolute atomic E-state index is 12.4. The molecule has 0 saturated carbocycles. The van der Waals surface area contributed by atoms with E-state index in [0.29, 0.717) is 28.2 Å². The number of nitrogens with zero attached hydrogens (tertiary/aromatic N) is 2. The lowest BCUT2D eigenvalue weighted by molar-refractivity contribution is 0.102. The van der Waals surface area contributed by atoms with Crippen LogP contribution in [0.5, 0.6) is 11.5 Å². The maximum atomic E-state index is 12.4. The van der Waals surface area contributed by atoms with Crippen LogP contribution in [-0.2, 0) is 0 Å². The average Bonchev–Trinajstić information content (AvgIpc) is 3.10. The highest BCUT2D eigenvalue weighted by Gasteiger charge is 2.14. The molecule has 0 spiro atoms. The second-order valence-corrected chi connectivity index (χ2v) is 5.86. The number of fused-ring (bicyclic) bond motifs is 1. The summed E-state index contributed by atoms with van der Waals surface area (Å²) in [5, 5.41) is 6.33. The van der Waals surface area contributed by atoms with Crippen molar-refractivity contribution in [2.45, 2.75) is 0 Å². The summed E-state index contributed by atoms with van der Waals surface area (Å²) in [6, 6.07) is 13.8. The third-order valence-corrected chi connectivity index (χ3v) is 3.83. The van der Waals surface area contributed by atoms with Gasteiger partial charge in [0.2, 0.25) is 12.7 Å². The van der Waals surface area contributed by atoms with E-state index < -0.39 is 0 Å². The van der Waals surface area contributed by atoms with Gasteiger partial charge in [0.25, 0.3) is 5.91 Å². The number of benzene rings is 2. The quantitative estimate of drug-likeness (QED) is 0.727. The zero-order valence-electron chi connectivity index (χ0n) is 13.4. The summed E-state index contributed by atoms with van der Waals surface area (Å²) in [4.78, 5) is 20.8. The molecule has 0 unspecified atom stereocenters. The molecule has 26 heavy (non-hydrogen) atoms. The lowest BCUT2D eigenvalue weighted by Gasteiger charge is -2.08. The zero-order valence-corrected chi connectivity index (χ0v) is 14.2. The third kappa shape index (κ3) is 3.52. The number of carbonyl (C=O) groups is 1. The van der Waals surface area contributed by atoms with Crippen LogP contribution in [0.2, 0.25) is 5.02 Å². The van der Waals surface area contributed by atoms with Crippen LogP contribution in [0.4, 0.5) is 17.3 Å². The van der Waals surface area contributed by atoms with Crippen molar-refractivity contribution in [1.29, 1.82) is 0 Å². The molecule has 1 amide bonds. The Labute approximate surface area is 154 Å². The van der Waals surface area contributed by atoms with Crippen molar-refractivity contribution < 1.29 is 14.3 Å². The monoisotopic (exact) mass is 368 g/mol. The van der Waals surface area contributed by atoms with Crippen molar-refractivity contribution in [2.75, 3.05) is 17.4 Å². The van der Waals surface area contributed by atoms with Gasteiger partial charge in [-0.2, -0.15) is 0 Å². The highest BCUT2D eigenvalue weighted by atomic mass is 35.5. The van der Waals surface area contributed by atoms with E-state index >= 15 is 0 Å². The topological polar surface area (TPSA) is 85.4 Å². The molecule has 0 radical (unpaired) electrons. The first kappa shape index (κ1) is 16.2. The number of rotatable bonds is 4. The van der Waals surface area contributed by atoms with Gasteiger partial charge in [0.1, 0.15) is 5.69 Å². The molecule has 0 bridgehead atoms. The fourth-order valence-corrected chi connectivity index (χ4v) is 2.60. The molecule has 3 aromatic rings. The molecular weight excluding hydrogens is 356 g/mol. The molecule has 130 valence electrons. The van der Waals surface area contributed by atoms with Crippen LogP contribution in [0.15, 0.2) is 54.7 Å². The summed E-state index contributed by atoms with van der Waals surface area (Å²) in [6.45, 7) is 0.203. The Bertz CT molecular complexity index is 980. The standard InChI is InChI=1S/C18H13ClN4O3/c19-11-2-1-3-12(8-11)21-17(24)14-6-7-20-18(23-14)22-13-4-5-15-16(9-13)26-10-25-15/h1-9H,10H2,(H,21,24)(H,20,22,23). The van der Waals surface area contributed by atoms with Crippen LogP contribution in [0.3, 0.4) is 0 Å². The fourth-order valence-electron chi connectivity index (χ4n) is 2.41. The summed E-state index contributed by atoms with van der Waals surface area (Å²) in [6.07, 6.45) is 1.51. The van der Waals surface area contributed by atoms with Gasteiger partial charge in [0.05, 0.1) is 0 Å². The van der Waals surface area contributed by atoms with E-state index in [1.807, 2.05) is 6.07 Å². The average molecular weight is 369 g/mol. The molecule has 1 aromatic heterocycles. The van der Waals surface area contributed by atoms with Gasteiger partial charge in [-0.15, -0.1) is 0 Å². The van der Waals surface area contributed by atoms with E-state index in [-0.39, 0.29) is 18.4 Å². The minimum atomic E-state index is -0.358. The molecular formula is C18H13ClN4O3. The number of anilines is 3. The fraction of sp³-hybridized carbons (Fsp3) is 0.0556. The zero-order chi connectivity index (χ0) is 17.9. The Hall–Kier alpha value is -3.32. The SMILES string of the molecule is O=C(Nc1cccc(Cl)c1)c1ccnc(Nc2ccc3c(c2)OCO3)n1. The van der Waals surface area contributed by atoms with Gasteiger partial charge in [0, 0.05) is 28.7 Å². The van der Waals surface area contributed by atoms with Crippen LogP contribution in [-0.4, -0.2) is 22.7 Å². The van der Waals surface area contributed by atoms with Gasteiger partial charge in [0.15, 0.2) is 11.5 Å². The van der Waals surface area contributed by atoms with Crippen LogP contribution in [0.1, 0.15) is 10.5 Å². The number of hydrogen-bond donors (Lipinski definition) is 2. The Morgan fingerprint density at radius 3 is 2.81 bits per heavy atom. The molecule has 2 aromatic carbocycles. The van der Waals surface area contributed by atoms with Gasteiger partial charge in [-0.25, -0.2) is 9.97 Å². The molecule has 4 rings (SSSR count). The number of hydrogen-bond acceptors (Lipinski definition) is 6. The summed E-state index contributed by atoms with van der Waals surface area (Å²) in [5.41, 5.74) is 1.54. The Morgan fingerprint density at radius 2 is 1.92 bits per heavy atom. The van der Waals surface area contributed by atoms with Crippen LogP contribution in [0, 0.1) is 0 Å². The molecule has 2 N–H and O–H groups in total. The molecule has 0 fully saturated rings. The van der Waals surface area contributed by atoms with Gasteiger partial charge in [-0.1, -0.05) is 17.7 Å². The van der Waals surface area contributed by atoms with Gasteiger partial charge in [-0.05, 0) is 36.4 Å². The summed E-state index contributed by atoms with van der Waals surface area (Å²) >= 11 is 5.92. The maximum Gasteiger partial charge on any atom is 0.274 e. The third-order valence-electron chi connectivity index (χ3n) is 3.60. The van der Waals surface area contributed by atoms with Crippen molar-refractivity contribution in [2.24, 2.45) is 0 Å². The van der Waals surface area contributed by atoms with E-state index in [2.05, 4.69) is 20.6 Å². The van der Waals surface area contributed by atoms with Crippen LogP contribution in [0.25, 0.3) is 0 Å². The normalized spacial score (nSPS) is 11.9. The highest BCUT2D eigenvalue weighted by Crippen LogP contribution is 2.34. The van der Waals surface area contributed by atoms with Crippen molar-refractivity contribution in [3.63, 3.8) is 0 Å². The number of aromatic nitrogens is 2. The van der Waals surface area contributed by atoms with E-state index in [9.17, 15) is 4.79 Å². The number of ether oxygens (including phenoxy) is 2. The molecule has 7 nitrogen and oxygen atoms in total. The van der Waals surface area contributed by atoms with E-state index in [1.165, 1.54) is 12.3 Å². The molecule has 1 aliphatic rings.